The molecule has 1 aromatic heterocycles. The van der Waals surface area contributed by atoms with Gasteiger partial charge < -0.3 is 9.67 Å². The molecule has 0 saturated heterocycles. The second kappa shape index (κ2) is 5.28. The standard InChI is InChI=1S/C19H16N2O/c22-13-19-20-17-10-3-4-11-18(17)21(19)12-15-8-5-7-14-6-1-2-9-16(14)15/h1-11,22H,12-13H2. The van der Waals surface area contributed by atoms with Crippen molar-refractivity contribution >= 4 is 21.8 Å². The molecule has 0 aliphatic heterocycles. The van der Waals surface area contributed by atoms with Crippen LogP contribution in [0, 0.1) is 0 Å². The van der Waals surface area contributed by atoms with E-state index < -0.39 is 0 Å². The van der Waals surface area contributed by atoms with Gasteiger partial charge in [-0.2, -0.15) is 0 Å². The molecule has 4 rings (SSSR count). The van der Waals surface area contributed by atoms with Crippen molar-refractivity contribution in [1.29, 1.82) is 0 Å². The molecular formula is C19H16N2O. The van der Waals surface area contributed by atoms with E-state index in [2.05, 4.69) is 52.0 Å². The lowest BCUT2D eigenvalue weighted by Gasteiger charge is -2.11. The van der Waals surface area contributed by atoms with Crippen LogP contribution in [0.2, 0.25) is 0 Å². The van der Waals surface area contributed by atoms with Crippen LogP contribution in [0.4, 0.5) is 0 Å². The molecule has 0 spiro atoms. The molecule has 3 aromatic carbocycles. The van der Waals surface area contributed by atoms with Gasteiger partial charge in [-0.25, -0.2) is 4.98 Å². The van der Waals surface area contributed by atoms with Gasteiger partial charge in [-0.15, -0.1) is 0 Å². The molecule has 0 aliphatic carbocycles. The largest absolute Gasteiger partial charge is 0.388 e. The van der Waals surface area contributed by atoms with Gasteiger partial charge in [0.25, 0.3) is 0 Å². The third-order valence-electron chi connectivity index (χ3n) is 4.08. The highest BCUT2D eigenvalue weighted by Crippen LogP contribution is 2.23. The normalized spacial score (nSPS) is 11.3. The number of hydrogen-bond acceptors (Lipinski definition) is 2. The SMILES string of the molecule is OCc1nc2ccccc2n1Cc1cccc2ccccc12. The van der Waals surface area contributed by atoms with Crippen LogP contribution in [0.5, 0.6) is 0 Å². The van der Waals surface area contributed by atoms with E-state index >= 15 is 0 Å². The van der Waals surface area contributed by atoms with Crippen molar-refractivity contribution in [2.75, 3.05) is 0 Å². The Balaban J connectivity index is 1.89. The number of hydrogen-bond donors (Lipinski definition) is 1. The molecule has 0 amide bonds. The summed E-state index contributed by atoms with van der Waals surface area (Å²) in [5.41, 5.74) is 3.21. The van der Waals surface area contributed by atoms with Gasteiger partial charge in [-0.1, -0.05) is 54.6 Å². The van der Waals surface area contributed by atoms with E-state index in [1.165, 1.54) is 16.3 Å². The molecular weight excluding hydrogens is 272 g/mol. The maximum absolute atomic E-state index is 9.63. The Morgan fingerprint density at radius 3 is 2.55 bits per heavy atom. The van der Waals surface area contributed by atoms with E-state index in [1.807, 2.05) is 24.3 Å². The second-order valence-corrected chi connectivity index (χ2v) is 5.40. The lowest BCUT2D eigenvalue weighted by Crippen LogP contribution is -2.05. The van der Waals surface area contributed by atoms with Crippen LogP contribution >= 0.6 is 0 Å². The minimum absolute atomic E-state index is 0.0561. The fourth-order valence-corrected chi connectivity index (χ4v) is 3.02. The number of benzene rings is 3. The minimum Gasteiger partial charge on any atom is -0.388 e. The molecule has 0 aliphatic rings. The summed E-state index contributed by atoms with van der Waals surface area (Å²) < 4.78 is 2.09. The molecule has 4 aromatic rings. The molecule has 0 unspecified atom stereocenters. The lowest BCUT2D eigenvalue weighted by molar-refractivity contribution is 0.267. The summed E-state index contributed by atoms with van der Waals surface area (Å²) in [5, 5.41) is 12.1. The summed E-state index contributed by atoms with van der Waals surface area (Å²) in [6, 6.07) is 22.7. The van der Waals surface area contributed by atoms with Gasteiger partial charge in [0.2, 0.25) is 0 Å². The third-order valence-corrected chi connectivity index (χ3v) is 4.08. The van der Waals surface area contributed by atoms with Crippen molar-refractivity contribution < 1.29 is 5.11 Å². The number of aliphatic hydroxyl groups excluding tert-OH is 1. The van der Waals surface area contributed by atoms with Gasteiger partial charge in [0.05, 0.1) is 17.6 Å². The van der Waals surface area contributed by atoms with Gasteiger partial charge in [0.1, 0.15) is 12.4 Å². The number of rotatable bonds is 3. The topological polar surface area (TPSA) is 38.1 Å². The maximum atomic E-state index is 9.63. The Bertz CT molecular complexity index is 951. The van der Waals surface area contributed by atoms with E-state index in [1.54, 1.807) is 0 Å². The number of aliphatic hydroxyl groups is 1. The van der Waals surface area contributed by atoms with Crippen molar-refractivity contribution in [3.63, 3.8) is 0 Å². The summed E-state index contributed by atoms with van der Waals surface area (Å²) in [6.45, 7) is 0.650. The van der Waals surface area contributed by atoms with Crippen molar-refractivity contribution in [3.8, 4) is 0 Å². The number of fused-ring (bicyclic) bond motifs is 2. The predicted molar refractivity (Wildman–Crippen MR) is 88.7 cm³/mol. The molecule has 108 valence electrons. The van der Waals surface area contributed by atoms with Gasteiger partial charge in [-0.3, -0.25) is 0 Å². The first-order valence-corrected chi connectivity index (χ1v) is 7.38. The summed E-state index contributed by atoms with van der Waals surface area (Å²) in [5.74, 6) is 0.703. The molecule has 3 heteroatoms. The van der Waals surface area contributed by atoms with Gasteiger partial charge >= 0.3 is 0 Å². The predicted octanol–water partition coefficient (Wildman–Crippen LogP) is 3.73. The van der Waals surface area contributed by atoms with Crippen LogP contribution in [-0.4, -0.2) is 14.7 Å². The smallest absolute Gasteiger partial charge is 0.136 e. The highest BCUT2D eigenvalue weighted by molar-refractivity contribution is 5.86. The van der Waals surface area contributed by atoms with Crippen LogP contribution in [0.3, 0.4) is 0 Å². The first-order chi connectivity index (χ1) is 10.9. The number of imidazole rings is 1. The Hall–Kier alpha value is -2.65. The molecule has 3 nitrogen and oxygen atoms in total. The highest BCUT2D eigenvalue weighted by atomic mass is 16.3. The molecule has 0 bridgehead atoms. The minimum atomic E-state index is -0.0561. The molecule has 1 N–H and O–H groups in total. The van der Waals surface area contributed by atoms with Crippen LogP contribution in [-0.2, 0) is 13.2 Å². The van der Waals surface area contributed by atoms with E-state index in [0.717, 1.165) is 11.0 Å². The molecule has 1 heterocycles. The van der Waals surface area contributed by atoms with E-state index in [9.17, 15) is 5.11 Å². The first-order valence-electron chi connectivity index (χ1n) is 7.38. The zero-order valence-electron chi connectivity index (χ0n) is 12.1. The molecule has 0 fully saturated rings. The monoisotopic (exact) mass is 288 g/mol. The van der Waals surface area contributed by atoms with Crippen LogP contribution < -0.4 is 0 Å². The van der Waals surface area contributed by atoms with E-state index in [0.29, 0.717) is 12.4 Å². The van der Waals surface area contributed by atoms with E-state index in [-0.39, 0.29) is 6.61 Å². The average molecular weight is 288 g/mol. The zero-order chi connectivity index (χ0) is 14.9. The van der Waals surface area contributed by atoms with Crippen LogP contribution in [0.25, 0.3) is 21.8 Å². The van der Waals surface area contributed by atoms with Crippen molar-refractivity contribution in [3.05, 3.63) is 78.1 Å². The second-order valence-electron chi connectivity index (χ2n) is 5.40. The van der Waals surface area contributed by atoms with Crippen molar-refractivity contribution in [2.45, 2.75) is 13.2 Å². The zero-order valence-corrected chi connectivity index (χ0v) is 12.1. The summed E-state index contributed by atoms with van der Waals surface area (Å²) in [4.78, 5) is 4.52. The van der Waals surface area contributed by atoms with Crippen molar-refractivity contribution in [2.24, 2.45) is 0 Å². The van der Waals surface area contributed by atoms with Crippen LogP contribution in [0.1, 0.15) is 11.4 Å². The highest BCUT2D eigenvalue weighted by Gasteiger charge is 2.11. The quantitative estimate of drug-likeness (QED) is 0.624. The summed E-state index contributed by atoms with van der Waals surface area (Å²) >= 11 is 0. The lowest BCUT2D eigenvalue weighted by atomic mass is 10.0. The van der Waals surface area contributed by atoms with Gasteiger partial charge in [0, 0.05) is 0 Å². The van der Waals surface area contributed by atoms with Gasteiger partial charge in [0.15, 0.2) is 0 Å². The Morgan fingerprint density at radius 1 is 0.864 bits per heavy atom. The van der Waals surface area contributed by atoms with E-state index in [4.69, 9.17) is 0 Å². The molecule has 0 saturated carbocycles. The Labute approximate surface area is 128 Å². The fraction of sp³-hybridized carbons (Fsp3) is 0.105. The molecule has 0 atom stereocenters. The van der Waals surface area contributed by atoms with Crippen molar-refractivity contribution in [1.82, 2.24) is 9.55 Å². The fourth-order valence-electron chi connectivity index (χ4n) is 3.02. The number of aromatic nitrogens is 2. The molecule has 22 heavy (non-hydrogen) atoms. The summed E-state index contributed by atoms with van der Waals surface area (Å²) in [7, 11) is 0. The van der Waals surface area contributed by atoms with Gasteiger partial charge in [-0.05, 0) is 28.5 Å². The average Bonchev–Trinajstić information content (AvgIpc) is 2.93. The maximum Gasteiger partial charge on any atom is 0.136 e. The Kier molecular flexibility index (Phi) is 3.13. The third kappa shape index (κ3) is 2.07. The Morgan fingerprint density at radius 2 is 1.64 bits per heavy atom. The number of nitrogens with zero attached hydrogens (tertiary/aromatic N) is 2. The molecule has 0 radical (unpaired) electrons. The number of para-hydroxylation sites is 2. The van der Waals surface area contributed by atoms with Crippen LogP contribution in [0.15, 0.2) is 66.7 Å². The first kappa shape index (κ1) is 13.0. The summed E-state index contributed by atoms with van der Waals surface area (Å²) in [6.07, 6.45) is 0.